The molecule has 1 aliphatic carbocycles. The minimum absolute atomic E-state index is 0.0587. The fourth-order valence-corrected chi connectivity index (χ4v) is 3.00. The number of aromatic nitrogens is 2. The minimum atomic E-state index is -0.777. The van der Waals surface area contributed by atoms with Gasteiger partial charge in [0.05, 0.1) is 11.6 Å². The molecule has 2 aromatic rings. The number of carboxylic acid groups (broad SMARTS) is 1. The number of benzene rings is 1. The standard InChI is InChI=1S/C17H19N3O3/c1-11-8-9-18-20(11)15-6-3-12(4-7-15)16(21)19-14-5-2-13(10-14)17(22)23/h3-4,6-9,13-14H,2,5,10H2,1H3,(H,19,21)(H,22,23)/t13-,14+/m0/s1. The lowest BCUT2D eigenvalue weighted by molar-refractivity contribution is -0.141. The zero-order valence-corrected chi connectivity index (χ0v) is 12.9. The molecule has 6 heteroatoms. The average molecular weight is 313 g/mol. The van der Waals surface area contributed by atoms with E-state index in [1.165, 1.54) is 0 Å². The van der Waals surface area contributed by atoms with Crippen molar-refractivity contribution in [2.75, 3.05) is 0 Å². The van der Waals surface area contributed by atoms with E-state index in [9.17, 15) is 9.59 Å². The average Bonchev–Trinajstić information content (AvgIpc) is 3.16. The highest BCUT2D eigenvalue weighted by atomic mass is 16.4. The zero-order chi connectivity index (χ0) is 16.4. The Morgan fingerprint density at radius 2 is 1.96 bits per heavy atom. The van der Waals surface area contributed by atoms with Crippen molar-refractivity contribution in [1.29, 1.82) is 0 Å². The van der Waals surface area contributed by atoms with E-state index < -0.39 is 5.97 Å². The number of hydrogen-bond donors (Lipinski definition) is 2. The summed E-state index contributed by atoms with van der Waals surface area (Å²) in [5.41, 5.74) is 2.49. The zero-order valence-electron chi connectivity index (χ0n) is 12.9. The van der Waals surface area contributed by atoms with Crippen LogP contribution in [0.2, 0.25) is 0 Å². The molecule has 0 aliphatic heterocycles. The van der Waals surface area contributed by atoms with Crippen LogP contribution < -0.4 is 5.32 Å². The largest absolute Gasteiger partial charge is 0.481 e. The van der Waals surface area contributed by atoms with Gasteiger partial charge in [0.2, 0.25) is 0 Å². The van der Waals surface area contributed by atoms with E-state index in [2.05, 4.69) is 10.4 Å². The predicted octanol–water partition coefficient (Wildman–Crippen LogP) is 2.16. The summed E-state index contributed by atoms with van der Waals surface area (Å²) in [7, 11) is 0. The Balaban J connectivity index is 1.65. The number of hydrogen-bond acceptors (Lipinski definition) is 3. The number of rotatable bonds is 4. The van der Waals surface area contributed by atoms with E-state index in [0.717, 1.165) is 11.4 Å². The quantitative estimate of drug-likeness (QED) is 0.906. The van der Waals surface area contributed by atoms with E-state index in [-0.39, 0.29) is 17.9 Å². The topological polar surface area (TPSA) is 84.2 Å². The molecule has 2 atom stereocenters. The number of carboxylic acids is 1. The lowest BCUT2D eigenvalue weighted by atomic mass is 10.1. The van der Waals surface area contributed by atoms with Crippen molar-refractivity contribution in [3.63, 3.8) is 0 Å². The maximum absolute atomic E-state index is 12.3. The highest BCUT2D eigenvalue weighted by Crippen LogP contribution is 2.26. The fourth-order valence-electron chi connectivity index (χ4n) is 3.00. The molecular formula is C17H19N3O3. The molecule has 1 fully saturated rings. The number of carbonyl (C=O) groups is 2. The van der Waals surface area contributed by atoms with Gasteiger partial charge in [-0.1, -0.05) is 0 Å². The van der Waals surface area contributed by atoms with Gasteiger partial charge in [-0.3, -0.25) is 9.59 Å². The Bertz CT molecular complexity index is 721. The highest BCUT2D eigenvalue weighted by Gasteiger charge is 2.30. The first-order valence-electron chi connectivity index (χ1n) is 7.69. The van der Waals surface area contributed by atoms with Crippen LogP contribution in [0.3, 0.4) is 0 Å². The number of amides is 1. The minimum Gasteiger partial charge on any atom is -0.481 e. The van der Waals surface area contributed by atoms with Gasteiger partial charge in [-0.05, 0) is 56.5 Å². The SMILES string of the molecule is Cc1ccnn1-c1ccc(C(=O)N[C@@H]2CC[C@H](C(=O)O)C2)cc1. The van der Waals surface area contributed by atoms with Crippen LogP contribution in [0.25, 0.3) is 5.69 Å². The van der Waals surface area contributed by atoms with Gasteiger partial charge >= 0.3 is 5.97 Å². The molecular weight excluding hydrogens is 294 g/mol. The van der Waals surface area contributed by atoms with Crippen LogP contribution in [0.15, 0.2) is 36.5 Å². The lowest BCUT2D eigenvalue weighted by Gasteiger charge is -2.13. The molecule has 1 aliphatic rings. The van der Waals surface area contributed by atoms with Crippen molar-refractivity contribution in [1.82, 2.24) is 15.1 Å². The number of aliphatic carboxylic acids is 1. The number of nitrogens with one attached hydrogen (secondary N) is 1. The van der Waals surface area contributed by atoms with Crippen LogP contribution in [-0.4, -0.2) is 32.8 Å². The van der Waals surface area contributed by atoms with Gasteiger partial charge in [-0.2, -0.15) is 5.10 Å². The Morgan fingerprint density at radius 1 is 1.22 bits per heavy atom. The van der Waals surface area contributed by atoms with Gasteiger partial charge in [0, 0.05) is 23.5 Å². The third-order valence-corrected chi connectivity index (χ3v) is 4.32. The third-order valence-electron chi connectivity index (χ3n) is 4.32. The van der Waals surface area contributed by atoms with Crippen LogP contribution in [0, 0.1) is 12.8 Å². The van der Waals surface area contributed by atoms with Crippen molar-refractivity contribution < 1.29 is 14.7 Å². The summed E-state index contributed by atoms with van der Waals surface area (Å²) in [4.78, 5) is 23.2. The van der Waals surface area contributed by atoms with Crippen LogP contribution in [-0.2, 0) is 4.79 Å². The molecule has 120 valence electrons. The molecule has 0 radical (unpaired) electrons. The molecule has 1 heterocycles. The fraction of sp³-hybridized carbons (Fsp3) is 0.353. The monoisotopic (exact) mass is 313 g/mol. The van der Waals surface area contributed by atoms with E-state index in [1.54, 1.807) is 23.0 Å². The Morgan fingerprint density at radius 3 is 2.52 bits per heavy atom. The van der Waals surface area contributed by atoms with Crippen LogP contribution in [0.4, 0.5) is 0 Å². The molecule has 0 unspecified atom stereocenters. The van der Waals surface area contributed by atoms with Crippen molar-refractivity contribution >= 4 is 11.9 Å². The summed E-state index contributed by atoms with van der Waals surface area (Å²) in [5.74, 6) is -1.28. The third kappa shape index (κ3) is 3.26. The maximum Gasteiger partial charge on any atom is 0.306 e. The van der Waals surface area contributed by atoms with Gasteiger partial charge in [0.15, 0.2) is 0 Å². The Labute approximate surface area is 134 Å². The van der Waals surface area contributed by atoms with Gasteiger partial charge in [0.25, 0.3) is 5.91 Å². The molecule has 1 aromatic carbocycles. The lowest BCUT2D eigenvalue weighted by Crippen LogP contribution is -2.33. The summed E-state index contributed by atoms with van der Waals surface area (Å²) in [6.07, 6.45) is 3.58. The first-order valence-corrected chi connectivity index (χ1v) is 7.69. The molecule has 23 heavy (non-hydrogen) atoms. The Kier molecular flexibility index (Phi) is 4.14. The second kappa shape index (κ2) is 6.24. The molecule has 1 saturated carbocycles. The van der Waals surface area contributed by atoms with Crippen molar-refractivity contribution in [3.05, 3.63) is 47.8 Å². The second-order valence-corrected chi connectivity index (χ2v) is 5.95. The predicted molar refractivity (Wildman–Crippen MR) is 84.5 cm³/mol. The molecule has 2 N–H and O–H groups in total. The normalized spacial score (nSPS) is 20.4. The van der Waals surface area contributed by atoms with Crippen LogP contribution in [0.1, 0.15) is 35.3 Å². The van der Waals surface area contributed by atoms with Crippen LogP contribution >= 0.6 is 0 Å². The molecule has 3 rings (SSSR count). The molecule has 0 saturated heterocycles. The number of carbonyl (C=O) groups excluding carboxylic acids is 1. The summed E-state index contributed by atoms with van der Waals surface area (Å²) in [6.45, 7) is 1.96. The van der Waals surface area contributed by atoms with E-state index >= 15 is 0 Å². The van der Waals surface area contributed by atoms with Gasteiger partial charge in [-0.15, -0.1) is 0 Å². The van der Waals surface area contributed by atoms with Crippen molar-refractivity contribution in [2.45, 2.75) is 32.2 Å². The smallest absolute Gasteiger partial charge is 0.306 e. The maximum atomic E-state index is 12.3. The first-order chi connectivity index (χ1) is 11.0. The Hall–Kier alpha value is -2.63. The summed E-state index contributed by atoms with van der Waals surface area (Å²) >= 11 is 0. The number of aryl methyl sites for hydroxylation is 1. The highest BCUT2D eigenvalue weighted by molar-refractivity contribution is 5.94. The van der Waals surface area contributed by atoms with E-state index in [4.69, 9.17) is 5.11 Å². The second-order valence-electron chi connectivity index (χ2n) is 5.95. The van der Waals surface area contributed by atoms with Crippen molar-refractivity contribution in [3.8, 4) is 5.69 Å². The number of nitrogens with zero attached hydrogens (tertiary/aromatic N) is 2. The molecule has 0 spiro atoms. The molecule has 1 aromatic heterocycles. The molecule has 1 amide bonds. The summed E-state index contributed by atoms with van der Waals surface area (Å²) in [5, 5.41) is 16.2. The van der Waals surface area contributed by atoms with E-state index in [0.29, 0.717) is 24.8 Å². The van der Waals surface area contributed by atoms with Gasteiger partial charge < -0.3 is 10.4 Å². The molecule has 0 bridgehead atoms. The molecule has 6 nitrogen and oxygen atoms in total. The summed E-state index contributed by atoms with van der Waals surface area (Å²) < 4.78 is 1.80. The summed E-state index contributed by atoms with van der Waals surface area (Å²) in [6, 6.07) is 9.08. The first kappa shape index (κ1) is 15.3. The van der Waals surface area contributed by atoms with Crippen molar-refractivity contribution in [2.24, 2.45) is 5.92 Å². The van der Waals surface area contributed by atoms with E-state index in [1.807, 2.05) is 25.1 Å². The van der Waals surface area contributed by atoms with Gasteiger partial charge in [0.1, 0.15) is 0 Å². The van der Waals surface area contributed by atoms with Gasteiger partial charge in [-0.25, -0.2) is 4.68 Å². The van der Waals surface area contributed by atoms with Crippen LogP contribution in [0.5, 0.6) is 0 Å².